The first-order valence-electron chi connectivity index (χ1n) is 9.52. The van der Waals surface area contributed by atoms with Crippen LogP contribution in [0.2, 0.25) is 0 Å². The van der Waals surface area contributed by atoms with E-state index < -0.39 is 25.0 Å². The van der Waals surface area contributed by atoms with Crippen LogP contribution in [0.4, 0.5) is 5.69 Å². The number of benzene rings is 1. The number of likely N-dealkylation sites (tertiary alicyclic amines) is 1. The number of hydrogen-bond acceptors (Lipinski definition) is 5. The van der Waals surface area contributed by atoms with Crippen molar-refractivity contribution in [1.29, 1.82) is 0 Å². The molecule has 1 saturated heterocycles. The SMILES string of the molecule is Cc1cc(NC(=O)COC(=O)CN2C(=O)[C@@H]3[C@@H](C2=O)[C@H]2C=C[C@H]3C2)cc(C)c1Br. The highest BCUT2D eigenvalue weighted by molar-refractivity contribution is 9.10. The molecule has 1 N–H and O–H groups in total. The second-order valence-electron chi connectivity index (χ2n) is 7.90. The van der Waals surface area contributed by atoms with Crippen LogP contribution in [0.1, 0.15) is 17.5 Å². The van der Waals surface area contributed by atoms with Gasteiger partial charge in [-0.2, -0.15) is 0 Å². The lowest BCUT2D eigenvalue weighted by molar-refractivity contribution is -0.154. The van der Waals surface area contributed by atoms with Gasteiger partial charge in [0.05, 0.1) is 11.8 Å². The predicted molar refractivity (Wildman–Crippen MR) is 108 cm³/mol. The Balaban J connectivity index is 1.30. The Labute approximate surface area is 176 Å². The van der Waals surface area contributed by atoms with Crippen LogP contribution in [0.15, 0.2) is 28.8 Å². The molecule has 1 saturated carbocycles. The van der Waals surface area contributed by atoms with E-state index in [0.717, 1.165) is 26.9 Å². The Morgan fingerprint density at radius 2 is 1.66 bits per heavy atom. The molecule has 2 fully saturated rings. The number of carbonyl (C=O) groups excluding carboxylic acids is 4. The molecule has 8 heteroatoms. The fourth-order valence-corrected chi connectivity index (χ4v) is 4.88. The van der Waals surface area contributed by atoms with E-state index >= 15 is 0 Å². The zero-order valence-corrected chi connectivity index (χ0v) is 17.7. The summed E-state index contributed by atoms with van der Waals surface area (Å²) < 4.78 is 5.96. The Bertz CT molecular complexity index is 903. The minimum absolute atomic E-state index is 0.0890. The highest BCUT2D eigenvalue weighted by Crippen LogP contribution is 2.52. The van der Waals surface area contributed by atoms with Gasteiger partial charge in [-0.15, -0.1) is 0 Å². The molecule has 7 nitrogen and oxygen atoms in total. The number of nitrogens with one attached hydrogen (secondary N) is 1. The average Bonchev–Trinajstić information content (AvgIpc) is 3.34. The quantitative estimate of drug-likeness (QED) is 0.413. The van der Waals surface area contributed by atoms with Gasteiger partial charge in [0.2, 0.25) is 11.8 Å². The number of aryl methyl sites for hydroxylation is 2. The molecule has 3 amide bonds. The molecule has 1 aromatic carbocycles. The largest absolute Gasteiger partial charge is 0.454 e. The van der Waals surface area contributed by atoms with E-state index in [1.54, 1.807) is 12.1 Å². The zero-order valence-electron chi connectivity index (χ0n) is 16.1. The van der Waals surface area contributed by atoms with Gasteiger partial charge in [0.25, 0.3) is 5.91 Å². The summed E-state index contributed by atoms with van der Waals surface area (Å²) in [5.41, 5.74) is 2.54. The van der Waals surface area contributed by atoms with Crippen molar-refractivity contribution in [3.05, 3.63) is 39.9 Å². The normalized spacial score (nSPS) is 26.8. The van der Waals surface area contributed by atoms with E-state index in [2.05, 4.69) is 21.2 Å². The van der Waals surface area contributed by atoms with Crippen molar-refractivity contribution in [3.63, 3.8) is 0 Å². The standard InChI is InChI=1S/C21H21BrN2O5/c1-10-5-14(6-11(2)19(10)22)23-15(25)9-29-16(26)8-24-20(27)17-12-3-4-13(7-12)18(17)21(24)28/h3-6,12-13,17-18H,7-9H2,1-2H3,(H,23,25)/t12-,13-,17-,18-/m0/s1. The van der Waals surface area contributed by atoms with Gasteiger partial charge in [-0.05, 0) is 55.4 Å². The average molecular weight is 461 g/mol. The molecule has 1 aliphatic heterocycles. The lowest BCUT2D eigenvalue weighted by atomic mass is 9.85. The number of amides is 3. The van der Waals surface area contributed by atoms with Gasteiger partial charge in [0, 0.05) is 10.2 Å². The number of ether oxygens (including phenoxy) is 1. The number of hydrogen-bond donors (Lipinski definition) is 1. The molecular weight excluding hydrogens is 440 g/mol. The number of fused-ring (bicyclic) bond motifs is 5. The van der Waals surface area contributed by atoms with Gasteiger partial charge in [-0.1, -0.05) is 28.1 Å². The Kier molecular flexibility index (Phi) is 5.06. The van der Waals surface area contributed by atoms with Crippen LogP contribution in [-0.2, 0) is 23.9 Å². The smallest absolute Gasteiger partial charge is 0.326 e. The van der Waals surface area contributed by atoms with Crippen molar-refractivity contribution in [3.8, 4) is 0 Å². The Hall–Kier alpha value is -2.48. The van der Waals surface area contributed by atoms with E-state index in [1.165, 1.54) is 0 Å². The van der Waals surface area contributed by atoms with Crippen LogP contribution in [0.5, 0.6) is 0 Å². The van der Waals surface area contributed by atoms with E-state index in [0.29, 0.717) is 5.69 Å². The summed E-state index contributed by atoms with van der Waals surface area (Å²) in [7, 11) is 0. The van der Waals surface area contributed by atoms with Gasteiger partial charge in [0.1, 0.15) is 6.54 Å². The molecule has 2 bridgehead atoms. The Morgan fingerprint density at radius 1 is 1.10 bits per heavy atom. The van der Waals surface area contributed by atoms with Crippen molar-refractivity contribution >= 4 is 45.3 Å². The van der Waals surface area contributed by atoms with Gasteiger partial charge in [0.15, 0.2) is 6.61 Å². The van der Waals surface area contributed by atoms with Crippen LogP contribution in [0.25, 0.3) is 0 Å². The third-order valence-electron chi connectivity index (χ3n) is 5.93. The second-order valence-corrected chi connectivity index (χ2v) is 8.69. The van der Waals surface area contributed by atoms with Crippen molar-refractivity contribution in [2.24, 2.45) is 23.7 Å². The molecule has 4 atom stereocenters. The minimum atomic E-state index is -0.773. The second kappa shape index (κ2) is 7.40. The maximum Gasteiger partial charge on any atom is 0.326 e. The van der Waals surface area contributed by atoms with Crippen LogP contribution >= 0.6 is 15.9 Å². The van der Waals surface area contributed by atoms with Gasteiger partial charge in [-0.3, -0.25) is 24.1 Å². The van der Waals surface area contributed by atoms with Gasteiger partial charge in [-0.25, -0.2) is 0 Å². The van der Waals surface area contributed by atoms with E-state index in [9.17, 15) is 19.2 Å². The summed E-state index contributed by atoms with van der Waals surface area (Å²) in [6.07, 6.45) is 4.82. The van der Waals surface area contributed by atoms with Crippen molar-refractivity contribution in [1.82, 2.24) is 4.90 Å². The number of rotatable bonds is 5. The highest BCUT2D eigenvalue weighted by Gasteiger charge is 2.59. The number of halogens is 1. The summed E-state index contributed by atoms with van der Waals surface area (Å²) in [6.45, 7) is 2.89. The maximum atomic E-state index is 12.6. The molecule has 152 valence electrons. The summed E-state index contributed by atoms with van der Waals surface area (Å²) >= 11 is 3.46. The summed E-state index contributed by atoms with van der Waals surface area (Å²) in [5, 5.41) is 2.68. The van der Waals surface area contributed by atoms with Crippen LogP contribution in [-0.4, -0.2) is 41.7 Å². The summed E-state index contributed by atoms with van der Waals surface area (Å²) in [4.78, 5) is 50.4. The zero-order chi connectivity index (χ0) is 20.9. The van der Waals surface area contributed by atoms with Crippen LogP contribution < -0.4 is 5.32 Å². The summed E-state index contributed by atoms with van der Waals surface area (Å²) in [5.74, 6) is -2.40. The fourth-order valence-electron chi connectivity index (χ4n) is 4.66. The van der Waals surface area contributed by atoms with Crippen molar-refractivity contribution in [2.75, 3.05) is 18.5 Å². The number of imide groups is 1. The first kappa shape index (κ1) is 19.8. The molecule has 0 unspecified atom stereocenters. The number of allylic oxidation sites excluding steroid dienone is 2. The number of carbonyl (C=O) groups is 4. The van der Waals surface area contributed by atoms with Gasteiger partial charge < -0.3 is 10.1 Å². The molecule has 2 aliphatic carbocycles. The lowest BCUT2D eigenvalue weighted by Crippen LogP contribution is -2.38. The third kappa shape index (κ3) is 3.50. The molecule has 1 aromatic rings. The number of anilines is 1. The topological polar surface area (TPSA) is 92.8 Å². The van der Waals surface area contributed by atoms with E-state index in [-0.39, 0.29) is 35.5 Å². The van der Waals surface area contributed by atoms with Crippen molar-refractivity contribution < 1.29 is 23.9 Å². The number of nitrogens with zero attached hydrogens (tertiary/aromatic N) is 1. The van der Waals surface area contributed by atoms with Crippen LogP contribution in [0, 0.1) is 37.5 Å². The lowest BCUT2D eigenvalue weighted by Gasteiger charge is -2.16. The van der Waals surface area contributed by atoms with Crippen molar-refractivity contribution in [2.45, 2.75) is 20.3 Å². The molecule has 4 rings (SSSR count). The highest BCUT2D eigenvalue weighted by atomic mass is 79.9. The Morgan fingerprint density at radius 3 is 2.21 bits per heavy atom. The number of esters is 1. The fraction of sp³-hybridized carbons (Fsp3) is 0.429. The molecule has 0 radical (unpaired) electrons. The molecule has 1 heterocycles. The maximum absolute atomic E-state index is 12.6. The van der Waals surface area contributed by atoms with E-state index in [1.807, 2.05) is 26.0 Å². The summed E-state index contributed by atoms with van der Waals surface area (Å²) in [6, 6.07) is 3.61. The van der Waals surface area contributed by atoms with Gasteiger partial charge >= 0.3 is 5.97 Å². The molecule has 0 aromatic heterocycles. The van der Waals surface area contributed by atoms with Crippen LogP contribution in [0.3, 0.4) is 0 Å². The first-order valence-corrected chi connectivity index (χ1v) is 10.3. The predicted octanol–water partition coefficient (Wildman–Crippen LogP) is 2.35. The monoisotopic (exact) mass is 460 g/mol. The minimum Gasteiger partial charge on any atom is -0.454 e. The molecule has 3 aliphatic rings. The third-order valence-corrected chi connectivity index (χ3v) is 7.18. The van der Waals surface area contributed by atoms with E-state index in [4.69, 9.17) is 4.74 Å². The molecular formula is C21H21BrN2O5. The molecule has 29 heavy (non-hydrogen) atoms. The molecule has 0 spiro atoms. The first-order chi connectivity index (χ1) is 13.8.